The molecule has 1 aromatic rings. The Labute approximate surface area is 85.1 Å². The van der Waals surface area contributed by atoms with Crippen LogP contribution in [0.4, 0.5) is 0 Å². The van der Waals surface area contributed by atoms with E-state index in [1.54, 1.807) is 6.92 Å². The average Bonchev–Trinajstić information content (AvgIpc) is 2.43. The molecule has 0 spiro atoms. The van der Waals surface area contributed by atoms with E-state index in [4.69, 9.17) is 0 Å². The van der Waals surface area contributed by atoms with Gasteiger partial charge in [-0.05, 0) is 40.0 Å². The largest absolute Gasteiger partial charge is 0.347 e. The van der Waals surface area contributed by atoms with Gasteiger partial charge in [0.05, 0.1) is 6.04 Å². The first-order chi connectivity index (χ1) is 6.56. The molecule has 0 radical (unpaired) electrons. The first-order valence-electron chi connectivity index (χ1n) is 4.86. The molecule has 1 heterocycles. The molecular weight excluding hydrogens is 176 g/mol. The van der Waals surface area contributed by atoms with Crippen molar-refractivity contribution < 1.29 is 4.79 Å². The van der Waals surface area contributed by atoms with Crippen LogP contribution in [0, 0.1) is 13.8 Å². The van der Waals surface area contributed by atoms with Gasteiger partial charge in [-0.2, -0.15) is 0 Å². The van der Waals surface area contributed by atoms with E-state index in [-0.39, 0.29) is 11.8 Å². The highest BCUT2D eigenvalue weighted by Gasteiger charge is 2.13. The van der Waals surface area contributed by atoms with Crippen molar-refractivity contribution in [1.82, 2.24) is 9.88 Å². The molecule has 0 saturated heterocycles. The van der Waals surface area contributed by atoms with Crippen molar-refractivity contribution in [2.45, 2.75) is 33.4 Å². The average molecular weight is 194 g/mol. The van der Waals surface area contributed by atoms with Crippen molar-refractivity contribution in [1.29, 1.82) is 0 Å². The predicted octanol–water partition coefficient (Wildman–Crippen LogP) is 1.28. The number of likely N-dealkylation sites (N-methyl/N-ethyl adjacent to an activating group) is 1. The Balaban J connectivity index is 2.81. The first-order valence-corrected chi connectivity index (χ1v) is 4.86. The summed E-state index contributed by atoms with van der Waals surface area (Å²) in [5.74, 6) is 0.181. The molecule has 1 rings (SSSR count). The van der Waals surface area contributed by atoms with E-state index in [0.717, 1.165) is 6.54 Å². The van der Waals surface area contributed by atoms with Gasteiger partial charge < -0.3 is 9.88 Å². The molecule has 3 nitrogen and oxygen atoms in total. The molecule has 1 N–H and O–H groups in total. The number of nitrogens with one attached hydrogen (secondary N) is 1. The Morgan fingerprint density at radius 2 is 1.93 bits per heavy atom. The number of aryl methyl sites for hydroxylation is 2. The monoisotopic (exact) mass is 194 g/mol. The third-order valence-electron chi connectivity index (χ3n) is 2.62. The summed E-state index contributed by atoms with van der Waals surface area (Å²) in [4.78, 5) is 11.2. The van der Waals surface area contributed by atoms with Gasteiger partial charge in [-0.25, -0.2) is 0 Å². The van der Waals surface area contributed by atoms with Gasteiger partial charge in [-0.1, -0.05) is 0 Å². The number of Topliss-reactive ketones (excluding diaryl/α,β-unsaturated/α-hetero) is 1. The van der Waals surface area contributed by atoms with Gasteiger partial charge in [0.25, 0.3) is 0 Å². The van der Waals surface area contributed by atoms with Crippen LogP contribution in [0.5, 0.6) is 0 Å². The smallest absolute Gasteiger partial charge is 0.148 e. The summed E-state index contributed by atoms with van der Waals surface area (Å²) in [5.41, 5.74) is 2.40. The van der Waals surface area contributed by atoms with Crippen molar-refractivity contribution in [3.8, 4) is 0 Å². The summed E-state index contributed by atoms with van der Waals surface area (Å²) in [7, 11) is 1.82. The van der Waals surface area contributed by atoms with Crippen LogP contribution in [-0.4, -0.2) is 23.4 Å². The Morgan fingerprint density at radius 3 is 2.29 bits per heavy atom. The van der Waals surface area contributed by atoms with Gasteiger partial charge in [0.15, 0.2) is 0 Å². The van der Waals surface area contributed by atoms with Crippen LogP contribution in [0.1, 0.15) is 18.3 Å². The van der Waals surface area contributed by atoms with E-state index in [2.05, 4.69) is 35.9 Å². The highest BCUT2D eigenvalue weighted by molar-refractivity contribution is 5.81. The quantitative estimate of drug-likeness (QED) is 0.783. The maximum absolute atomic E-state index is 11.2. The molecule has 3 heteroatoms. The zero-order valence-corrected chi connectivity index (χ0v) is 9.29. The molecule has 0 aliphatic rings. The molecule has 1 unspecified atom stereocenters. The van der Waals surface area contributed by atoms with Gasteiger partial charge in [0, 0.05) is 17.9 Å². The Morgan fingerprint density at radius 1 is 1.43 bits per heavy atom. The first kappa shape index (κ1) is 11.0. The van der Waals surface area contributed by atoms with E-state index in [0.29, 0.717) is 0 Å². The molecule has 14 heavy (non-hydrogen) atoms. The zero-order valence-electron chi connectivity index (χ0n) is 9.29. The van der Waals surface area contributed by atoms with Crippen LogP contribution >= 0.6 is 0 Å². The van der Waals surface area contributed by atoms with Crippen LogP contribution in [0.3, 0.4) is 0 Å². The van der Waals surface area contributed by atoms with Gasteiger partial charge in [0.1, 0.15) is 5.78 Å². The maximum Gasteiger partial charge on any atom is 0.148 e. The van der Waals surface area contributed by atoms with Gasteiger partial charge in [0.2, 0.25) is 0 Å². The summed E-state index contributed by atoms with van der Waals surface area (Å²) >= 11 is 0. The van der Waals surface area contributed by atoms with Crippen LogP contribution in [0.15, 0.2) is 12.1 Å². The second kappa shape index (κ2) is 4.42. The highest BCUT2D eigenvalue weighted by atomic mass is 16.1. The number of hydrogen-bond acceptors (Lipinski definition) is 2. The number of hydrogen-bond donors (Lipinski definition) is 1. The third kappa shape index (κ3) is 2.23. The topological polar surface area (TPSA) is 34.0 Å². The minimum atomic E-state index is -0.0835. The fourth-order valence-electron chi connectivity index (χ4n) is 1.59. The molecule has 78 valence electrons. The van der Waals surface area contributed by atoms with Crippen LogP contribution in [-0.2, 0) is 11.3 Å². The van der Waals surface area contributed by atoms with Crippen LogP contribution < -0.4 is 5.32 Å². The fourth-order valence-corrected chi connectivity index (χ4v) is 1.59. The highest BCUT2D eigenvalue weighted by Crippen LogP contribution is 2.08. The van der Waals surface area contributed by atoms with Gasteiger partial charge >= 0.3 is 0 Å². The van der Waals surface area contributed by atoms with E-state index >= 15 is 0 Å². The lowest BCUT2D eigenvalue weighted by atomic mass is 10.2. The van der Waals surface area contributed by atoms with Crippen LogP contribution in [0.2, 0.25) is 0 Å². The number of ketones is 1. The Bertz CT molecular complexity index is 309. The summed E-state index contributed by atoms with van der Waals surface area (Å²) < 4.78 is 2.16. The van der Waals surface area contributed by atoms with Crippen molar-refractivity contribution in [2.24, 2.45) is 0 Å². The number of nitrogens with zero attached hydrogens (tertiary/aromatic N) is 1. The second-order valence-electron chi connectivity index (χ2n) is 3.68. The van der Waals surface area contributed by atoms with E-state index in [1.165, 1.54) is 11.4 Å². The molecule has 0 saturated carbocycles. The van der Waals surface area contributed by atoms with E-state index in [9.17, 15) is 4.79 Å². The molecule has 0 aromatic carbocycles. The minimum Gasteiger partial charge on any atom is -0.347 e. The lowest BCUT2D eigenvalue weighted by molar-refractivity contribution is -0.119. The van der Waals surface area contributed by atoms with E-state index in [1.807, 2.05) is 7.05 Å². The second-order valence-corrected chi connectivity index (χ2v) is 3.68. The Kier molecular flexibility index (Phi) is 3.47. The summed E-state index contributed by atoms with van der Waals surface area (Å²) in [6.07, 6.45) is 0. The Hall–Kier alpha value is -1.09. The van der Waals surface area contributed by atoms with Gasteiger partial charge in [-0.3, -0.25) is 4.79 Å². The molecule has 0 amide bonds. The van der Waals surface area contributed by atoms with Gasteiger partial charge in [-0.15, -0.1) is 0 Å². The number of carbonyl (C=O) groups is 1. The molecule has 0 bridgehead atoms. The van der Waals surface area contributed by atoms with Crippen molar-refractivity contribution in [2.75, 3.05) is 7.05 Å². The maximum atomic E-state index is 11.2. The lowest BCUT2D eigenvalue weighted by Gasteiger charge is -2.16. The molecule has 0 fully saturated rings. The molecule has 1 aromatic heterocycles. The molecule has 1 atom stereocenters. The number of aromatic nitrogens is 1. The fraction of sp³-hybridized carbons (Fsp3) is 0.545. The van der Waals surface area contributed by atoms with Crippen LogP contribution in [0.25, 0.3) is 0 Å². The zero-order chi connectivity index (χ0) is 10.7. The molecule has 0 aliphatic carbocycles. The minimum absolute atomic E-state index is 0.0835. The van der Waals surface area contributed by atoms with Crippen molar-refractivity contribution in [3.05, 3.63) is 23.5 Å². The van der Waals surface area contributed by atoms with E-state index < -0.39 is 0 Å². The number of rotatable bonds is 4. The van der Waals surface area contributed by atoms with Crippen molar-refractivity contribution in [3.63, 3.8) is 0 Å². The summed E-state index contributed by atoms with van der Waals surface area (Å²) in [6.45, 7) is 6.45. The SMILES string of the molecule is CNC(Cn1c(C)ccc1C)C(C)=O. The summed E-state index contributed by atoms with van der Waals surface area (Å²) in [6, 6.07) is 4.06. The molecular formula is C11H18N2O. The summed E-state index contributed by atoms with van der Waals surface area (Å²) in [5, 5.41) is 3.02. The normalized spacial score (nSPS) is 12.9. The lowest BCUT2D eigenvalue weighted by Crippen LogP contribution is -2.36. The third-order valence-corrected chi connectivity index (χ3v) is 2.62. The predicted molar refractivity (Wildman–Crippen MR) is 57.4 cm³/mol. The standard InChI is InChI=1S/C11H18N2O/c1-8-5-6-9(2)13(8)7-11(12-4)10(3)14/h5-6,11-12H,7H2,1-4H3. The molecule has 0 aliphatic heterocycles. The number of carbonyl (C=O) groups excluding carboxylic acids is 1. The van der Waals surface area contributed by atoms with Crippen molar-refractivity contribution >= 4 is 5.78 Å².